The smallest absolute Gasteiger partial charge is 0.217 e. The standard InChI is InChI=1S/C30H45NO2/c1-3-5-7-9-11-12-14-16-28-24-26-19-22-29(31-30(26)33-28)25-17-20-27(21-18-25)32-23-15-13-10-8-6-4-2/h17-22,28H,3-16,23-24H2,1-2H3/t28-/m1/s1. The molecule has 0 saturated heterocycles. The van der Waals surface area contributed by atoms with Crippen LogP contribution in [0.4, 0.5) is 0 Å². The van der Waals surface area contributed by atoms with E-state index in [9.17, 15) is 0 Å². The van der Waals surface area contributed by atoms with E-state index in [4.69, 9.17) is 14.5 Å². The maximum Gasteiger partial charge on any atom is 0.217 e. The summed E-state index contributed by atoms with van der Waals surface area (Å²) < 4.78 is 12.1. The SMILES string of the molecule is CCCCCCCCC[C@@H]1Cc2ccc(-c3ccc(OCCCCCCCC)cc3)nc2O1. The van der Waals surface area contributed by atoms with Crippen LogP contribution in [-0.2, 0) is 6.42 Å². The Bertz CT molecular complexity index is 786. The molecule has 1 aliphatic rings. The molecule has 0 fully saturated rings. The van der Waals surface area contributed by atoms with Crippen LogP contribution in [0.1, 0.15) is 109 Å². The van der Waals surface area contributed by atoms with Gasteiger partial charge in [-0.15, -0.1) is 0 Å². The quantitative estimate of drug-likeness (QED) is 0.225. The van der Waals surface area contributed by atoms with Crippen LogP contribution in [0.2, 0.25) is 0 Å². The molecule has 3 rings (SSSR count). The Morgan fingerprint density at radius 1 is 0.758 bits per heavy atom. The predicted molar refractivity (Wildman–Crippen MR) is 139 cm³/mol. The van der Waals surface area contributed by atoms with E-state index < -0.39 is 0 Å². The third kappa shape index (κ3) is 9.02. The molecule has 0 radical (unpaired) electrons. The molecule has 2 heterocycles. The molecule has 0 aliphatic carbocycles. The Morgan fingerprint density at radius 2 is 1.39 bits per heavy atom. The minimum atomic E-state index is 0.302. The summed E-state index contributed by atoms with van der Waals surface area (Å²) in [6.45, 7) is 5.33. The second-order valence-corrected chi connectivity index (χ2v) is 9.66. The molecular weight excluding hydrogens is 406 g/mol. The van der Waals surface area contributed by atoms with Gasteiger partial charge in [0.05, 0.1) is 12.3 Å². The van der Waals surface area contributed by atoms with Crippen molar-refractivity contribution in [2.75, 3.05) is 6.61 Å². The highest BCUT2D eigenvalue weighted by atomic mass is 16.5. The van der Waals surface area contributed by atoms with E-state index in [0.29, 0.717) is 6.10 Å². The van der Waals surface area contributed by atoms with Crippen LogP contribution in [0, 0.1) is 0 Å². The number of benzene rings is 1. The molecule has 1 aromatic carbocycles. The average Bonchev–Trinajstić information content (AvgIpc) is 3.25. The van der Waals surface area contributed by atoms with E-state index in [-0.39, 0.29) is 0 Å². The van der Waals surface area contributed by atoms with Gasteiger partial charge in [0.1, 0.15) is 11.9 Å². The van der Waals surface area contributed by atoms with Crippen molar-refractivity contribution in [2.24, 2.45) is 0 Å². The fourth-order valence-corrected chi connectivity index (χ4v) is 4.62. The molecule has 3 heteroatoms. The van der Waals surface area contributed by atoms with Crippen LogP contribution in [-0.4, -0.2) is 17.7 Å². The first kappa shape index (κ1) is 25.6. The molecule has 1 atom stereocenters. The summed E-state index contributed by atoms with van der Waals surface area (Å²) in [5.41, 5.74) is 3.35. The van der Waals surface area contributed by atoms with E-state index in [1.54, 1.807) is 0 Å². The second-order valence-electron chi connectivity index (χ2n) is 9.66. The largest absolute Gasteiger partial charge is 0.494 e. The minimum absolute atomic E-state index is 0.302. The molecular formula is C30H45NO2. The molecule has 2 aromatic rings. The summed E-state index contributed by atoms with van der Waals surface area (Å²) in [6, 6.07) is 12.7. The number of unbranched alkanes of at least 4 members (excludes halogenated alkanes) is 11. The van der Waals surface area contributed by atoms with Crippen molar-refractivity contribution in [3.8, 4) is 22.9 Å². The average molecular weight is 452 g/mol. The summed E-state index contributed by atoms with van der Waals surface area (Å²) >= 11 is 0. The molecule has 0 bridgehead atoms. The molecule has 3 nitrogen and oxygen atoms in total. The Labute approximate surface area is 202 Å². The van der Waals surface area contributed by atoms with Gasteiger partial charge in [0.15, 0.2) is 0 Å². The zero-order valence-corrected chi connectivity index (χ0v) is 21.1. The predicted octanol–water partition coefficient (Wildman–Crippen LogP) is 8.93. The first-order valence-corrected chi connectivity index (χ1v) is 13.7. The summed E-state index contributed by atoms with van der Waals surface area (Å²) in [6.07, 6.45) is 19.6. The third-order valence-electron chi connectivity index (χ3n) is 6.71. The fraction of sp³-hybridized carbons (Fsp3) is 0.633. The lowest BCUT2D eigenvalue weighted by atomic mass is 10.0. The van der Waals surface area contributed by atoms with Crippen molar-refractivity contribution >= 4 is 0 Å². The van der Waals surface area contributed by atoms with Crippen molar-refractivity contribution in [3.05, 3.63) is 42.0 Å². The number of rotatable bonds is 17. The Hall–Kier alpha value is -2.03. The summed E-state index contributed by atoms with van der Waals surface area (Å²) in [7, 11) is 0. The van der Waals surface area contributed by atoms with E-state index >= 15 is 0 Å². The minimum Gasteiger partial charge on any atom is -0.494 e. The van der Waals surface area contributed by atoms with E-state index in [1.165, 1.54) is 82.6 Å². The molecule has 0 amide bonds. The summed E-state index contributed by atoms with van der Waals surface area (Å²) in [4.78, 5) is 4.83. The Morgan fingerprint density at radius 3 is 2.09 bits per heavy atom. The zero-order chi connectivity index (χ0) is 23.1. The lowest BCUT2D eigenvalue weighted by Gasteiger charge is -2.10. The van der Waals surface area contributed by atoms with Crippen LogP contribution in [0.15, 0.2) is 36.4 Å². The van der Waals surface area contributed by atoms with E-state index in [1.807, 2.05) is 0 Å². The van der Waals surface area contributed by atoms with Gasteiger partial charge in [-0.2, -0.15) is 0 Å². The molecule has 1 aliphatic heterocycles. The molecule has 0 saturated carbocycles. The zero-order valence-electron chi connectivity index (χ0n) is 21.1. The van der Waals surface area contributed by atoms with Crippen molar-refractivity contribution < 1.29 is 9.47 Å². The number of aromatic nitrogens is 1. The fourth-order valence-electron chi connectivity index (χ4n) is 4.62. The number of fused-ring (bicyclic) bond motifs is 1. The van der Waals surface area contributed by atoms with Gasteiger partial charge in [-0.3, -0.25) is 0 Å². The van der Waals surface area contributed by atoms with Crippen LogP contribution in [0.5, 0.6) is 11.6 Å². The van der Waals surface area contributed by atoms with Crippen LogP contribution >= 0.6 is 0 Å². The molecule has 33 heavy (non-hydrogen) atoms. The van der Waals surface area contributed by atoms with Gasteiger partial charge >= 0.3 is 0 Å². The van der Waals surface area contributed by atoms with Crippen LogP contribution < -0.4 is 9.47 Å². The Balaban J connectivity index is 1.38. The van der Waals surface area contributed by atoms with Crippen molar-refractivity contribution in [2.45, 2.75) is 116 Å². The molecule has 182 valence electrons. The van der Waals surface area contributed by atoms with Gasteiger partial charge < -0.3 is 9.47 Å². The molecule has 0 N–H and O–H groups in total. The highest BCUT2D eigenvalue weighted by Gasteiger charge is 2.24. The lowest BCUT2D eigenvalue weighted by molar-refractivity contribution is 0.209. The highest BCUT2D eigenvalue weighted by Crippen LogP contribution is 2.32. The van der Waals surface area contributed by atoms with Gasteiger partial charge in [0.2, 0.25) is 5.88 Å². The maximum absolute atomic E-state index is 6.20. The molecule has 0 unspecified atom stereocenters. The van der Waals surface area contributed by atoms with Gasteiger partial charge in [-0.25, -0.2) is 4.98 Å². The summed E-state index contributed by atoms with van der Waals surface area (Å²) in [5, 5.41) is 0. The number of hydrogen-bond acceptors (Lipinski definition) is 3. The number of ether oxygens (including phenoxy) is 2. The van der Waals surface area contributed by atoms with Gasteiger partial charge in [0, 0.05) is 17.5 Å². The lowest BCUT2D eigenvalue weighted by Crippen LogP contribution is -2.12. The van der Waals surface area contributed by atoms with E-state index in [2.05, 4.69) is 50.2 Å². The van der Waals surface area contributed by atoms with Crippen LogP contribution in [0.25, 0.3) is 11.3 Å². The van der Waals surface area contributed by atoms with Gasteiger partial charge in [0.25, 0.3) is 0 Å². The van der Waals surface area contributed by atoms with Gasteiger partial charge in [-0.1, -0.05) is 90.5 Å². The van der Waals surface area contributed by atoms with Crippen molar-refractivity contribution in [1.82, 2.24) is 4.98 Å². The van der Waals surface area contributed by atoms with Gasteiger partial charge in [-0.05, 0) is 49.6 Å². The van der Waals surface area contributed by atoms with Crippen LogP contribution in [0.3, 0.4) is 0 Å². The number of nitrogens with zero attached hydrogens (tertiary/aromatic N) is 1. The third-order valence-corrected chi connectivity index (χ3v) is 6.71. The number of pyridine rings is 1. The first-order valence-electron chi connectivity index (χ1n) is 13.7. The van der Waals surface area contributed by atoms with E-state index in [0.717, 1.165) is 48.8 Å². The monoisotopic (exact) mass is 451 g/mol. The molecule has 0 spiro atoms. The first-order chi connectivity index (χ1) is 16.3. The molecule has 1 aromatic heterocycles. The second kappa shape index (κ2) is 15.0. The Kier molecular flexibility index (Phi) is 11.6. The normalized spacial score (nSPS) is 14.8. The highest BCUT2D eigenvalue weighted by molar-refractivity contribution is 5.61. The topological polar surface area (TPSA) is 31.4 Å². The summed E-state index contributed by atoms with van der Waals surface area (Å²) in [5.74, 6) is 1.78. The van der Waals surface area contributed by atoms with Crippen molar-refractivity contribution in [3.63, 3.8) is 0 Å². The maximum atomic E-state index is 6.20. The number of hydrogen-bond donors (Lipinski definition) is 0. The van der Waals surface area contributed by atoms with Crippen molar-refractivity contribution in [1.29, 1.82) is 0 Å².